The van der Waals surface area contributed by atoms with Crippen LogP contribution in [-0.2, 0) is 0 Å². The second-order valence-corrected chi connectivity index (χ2v) is 5.58. The van der Waals surface area contributed by atoms with Crippen molar-refractivity contribution in [1.29, 1.82) is 10.5 Å². The van der Waals surface area contributed by atoms with Crippen LogP contribution in [0.5, 0.6) is 0 Å². The highest BCUT2D eigenvalue weighted by atomic mass is 14.5. The lowest BCUT2D eigenvalue weighted by Crippen LogP contribution is -2.25. The lowest BCUT2D eigenvalue weighted by atomic mass is 9.70. The van der Waals surface area contributed by atoms with Crippen molar-refractivity contribution < 1.29 is 0 Å². The molecule has 0 aromatic heterocycles. The zero-order valence-electron chi connectivity index (χ0n) is 13.4. The molecule has 0 bridgehead atoms. The molecule has 2 aromatic carbocycles. The summed E-state index contributed by atoms with van der Waals surface area (Å²) in [5.41, 5.74) is 0.779. The fraction of sp³-hybridized carbons (Fsp3) is 0.182. The number of nitrogens with zero attached hydrogens (tertiary/aromatic N) is 2. The van der Waals surface area contributed by atoms with Crippen molar-refractivity contribution in [2.24, 2.45) is 5.41 Å². The molecule has 0 radical (unpaired) electrons. The molecule has 0 aliphatic heterocycles. The van der Waals surface area contributed by atoms with Crippen LogP contribution >= 0.6 is 0 Å². The Labute approximate surface area is 143 Å². The van der Waals surface area contributed by atoms with Gasteiger partial charge in [0, 0.05) is 12.3 Å². The average Bonchev–Trinajstić information content (AvgIpc) is 2.66. The van der Waals surface area contributed by atoms with E-state index in [0.29, 0.717) is 12.8 Å². The van der Waals surface area contributed by atoms with E-state index in [4.69, 9.17) is 6.42 Å². The second-order valence-electron chi connectivity index (χ2n) is 5.58. The molecule has 2 heteroatoms. The Morgan fingerprint density at radius 2 is 1.54 bits per heavy atom. The van der Waals surface area contributed by atoms with Gasteiger partial charge in [0.15, 0.2) is 5.41 Å². The van der Waals surface area contributed by atoms with Crippen LogP contribution < -0.4 is 0 Å². The predicted molar refractivity (Wildman–Crippen MR) is 96.4 cm³/mol. The summed E-state index contributed by atoms with van der Waals surface area (Å²) in [6.45, 7) is 0. The molecule has 0 saturated carbocycles. The van der Waals surface area contributed by atoms with E-state index in [1.165, 1.54) is 0 Å². The summed E-state index contributed by atoms with van der Waals surface area (Å²) < 4.78 is 0. The maximum absolute atomic E-state index is 9.76. The van der Waals surface area contributed by atoms with Gasteiger partial charge in [0.25, 0.3) is 0 Å². The Kier molecular flexibility index (Phi) is 5.96. The van der Waals surface area contributed by atoms with E-state index in [0.717, 1.165) is 11.1 Å². The van der Waals surface area contributed by atoms with Crippen molar-refractivity contribution in [3.8, 4) is 24.5 Å². The fourth-order valence-electron chi connectivity index (χ4n) is 2.74. The minimum atomic E-state index is -1.18. The Balaban J connectivity index is 2.31. The molecule has 0 saturated heterocycles. The molecule has 24 heavy (non-hydrogen) atoms. The molecule has 0 amide bonds. The largest absolute Gasteiger partial charge is 0.197 e. The molecule has 0 fully saturated rings. The molecule has 2 aromatic rings. The molecule has 0 spiro atoms. The van der Waals surface area contributed by atoms with Gasteiger partial charge in [-0.1, -0.05) is 72.8 Å². The van der Waals surface area contributed by atoms with E-state index in [2.05, 4.69) is 18.1 Å². The van der Waals surface area contributed by atoms with Gasteiger partial charge < -0.3 is 0 Å². The molecule has 0 aliphatic carbocycles. The van der Waals surface area contributed by atoms with Crippen molar-refractivity contribution in [3.05, 3.63) is 77.9 Å². The van der Waals surface area contributed by atoms with Gasteiger partial charge in [-0.05, 0) is 17.5 Å². The van der Waals surface area contributed by atoms with Gasteiger partial charge in [0.05, 0.1) is 12.1 Å². The molecule has 0 N–H and O–H groups in total. The summed E-state index contributed by atoms with van der Waals surface area (Å²) in [5.74, 6) is 2.30. The predicted octanol–water partition coefficient (Wildman–Crippen LogP) is 4.93. The first-order valence-electron chi connectivity index (χ1n) is 7.78. The summed E-state index contributed by atoms with van der Waals surface area (Å²) in [5, 5.41) is 19.5. The minimum Gasteiger partial charge on any atom is -0.197 e. The van der Waals surface area contributed by atoms with E-state index in [1.54, 1.807) is 0 Å². The summed E-state index contributed by atoms with van der Waals surface area (Å²) in [6.07, 6.45) is 10.0. The van der Waals surface area contributed by atoms with Crippen LogP contribution in [0.1, 0.15) is 29.9 Å². The first kappa shape index (κ1) is 17.1. The maximum atomic E-state index is 9.76. The number of hydrogen-bond donors (Lipinski definition) is 0. The number of nitriles is 2. The second kappa shape index (κ2) is 8.38. The van der Waals surface area contributed by atoms with Gasteiger partial charge >= 0.3 is 0 Å². The van der Waals surface area contributed by atoms with Crippen LogP contribution in [0, 0.1) is 40.4 Å². The Morgan fingerprint density at radius 3 is 2.08 bits per heavy atom. The van der Waals surface area contributed by atoms with E-state index in [-0.39, 0.29) is 5.92 Å². The van der Waals surface area contributed by atoms with Gasteiger partial charge in [-0.25, -0.2) is 0 Å². The third-order valence-electron chi connectivity index (χ3n) is 4.07. The Morgan fingerprint density at radius 1 is 0.958 bits per heavy atom. The van der Waals surface area contributed by atoms with Gasteiger partial charge in [-0.2, -0.15) is 10.5 Å². The lowest BCUT2D eigenvalue weighted by Gasteiger charge is -2.27. The lowest BCUT2D eigenvalue weighted by molar-refractivity contribution is 0.419. The molecule has 0 heterocycles. The van der Waals surface area contributed by atoms with Crippen molar-refractivity contribution in [2.75, 3.05) is 0 Å². The zero-order valence-corrected chi connectivity index (χ0v) is 13.4. The average molecular weight is 310 g/mol. The summed E-state index contributed by atoms with van der Waals surface area (Å²) in [7, 11) is 0. The summed E-state index contributed by atoms with van der Waals surface area (Å²) >= 11 is 0. The summed E-state index contributed by atoms with van der Waals surface area (Å²) in [4.78, 5) is 0. The standard InChI is InChI=1S/C22H18N2/c1-2-10-21(20-14-7-4-8-15-20)22(17-23,18-24)16-9-13-19-11-5-3-6-12-19/h1,3-9,11-15,21H,10,16H2/b13-9+. The third-order valence-corrected chi connectivity index (χ3v) is 4.07. The number of terminal acetylenes is 1. The van der Waals surface area contributed by atoms with Crippen molar-refractivity contribution in [1.82, 2.24) is 0 Å². The molecule has 2 rings (SSSR count). The molecular formula is C22H18N2. The van der Waals surface area contributed by atoms with Gasteiger partial charge in [0.1, 0.15) is 0 Å². The van der Waals surface area contributed by atoms with Crippen molar-refractivity contribution >= 4 is 6.08 Å². The summed E-state index contributed by atoms with van der Waals surface area (Å²) in [6, 6.07) is 23.8. The van der Waals surface area contributed by atoms with E-state index >= 15 is 0 Å². The highest BCUT2D eigenvalue weighted by molar-refractivity contribution is 5.49. The number of allylic oxidation sites excluding steroid dienone is 1. The molecule has 1 unspecified atom stereocenters. The number of benzene rings is 2. The van der Waals surface area contributed by atoms with Crippen LogP contribution in [0.4, 0.5) is 0 Å². The molecule has 1 atom stereocenters. The van der Waals surface area contributed by atoms with Crippen molar-refractivity contribution in [2.45, 2.75) is 18.8 Å². The Bertz CT molecular complexity index is 785. The Hall–Kier alpha value is -3.28. The van der Waals surface area contributed by atoms with E-state index < -0.39 is 5.41 Å². The number of hydrogen-bond acceptors (Lipinski definition) is 2. The molecule has 2 nitrogen and oxygen atoms in total. The third kappa shape index (κ3) is 3.92. The SMILES string of the molecule is C#CCC(c1ccccc1)C(C#N)(C#N)C/C=C/c1ccccc1. The molecule has 0 aliphatic rings. The topological polar surface area (TPSA) is 47.6 Å². The smallest absolute Gasteiger partial charge is 0.154 e. The zero-order chi connectivity index (χ0) is 17.3. The highest BCUT2D eigenvalue weighted by Gasteiger charge is 2.39. The van der Waals surface area contributed by atoms with Crippen LogP contribution in [0.2, 0.25) is 0 Å². The quantitative estimate of drug-likeness (QED) is 0.710. The maximum Gasteiger partial charge on any atom is 0.154 e. The van der Waals surface area contributed by atoms with Crippen LogP contribution in [0.3, 0.4) is 0 Å². The molecular weight excluding hydrogens is 292 g/mol. The minimum absolute atomic E-state index is 0.320. The van der Waals surface area contributed by atoms with E-state index in [9.17, 15) is 10.5 Å². The monoisotopic (exact) mass is 310 g/mol. The number of rotatable bonds is 6. The highest BCUT2D eigenvalue weighted by Crippen LogP contribution is 2.41. The first-order chi connectivity index (χ1) is 11.8. The fourth-order valence-corrected chi connectivity index (χ4v) is 2.74. The van der Waals surface area contributed by atoms with Crippen LogP contribution in [-0.4, -0.2) is 0 Å². The van der Waals surface area contributed by atoms with Crippen molar-refractivity contribution in [3.63, 3.8) is 0 Å². The van der Waals surface area contributed by atoms with Crippen LogP contribution in [0.15, 0.2) is 66.7 Å². The van der Waals surface area contributed by atoms with E-state index in [1.807, 2.05) is 72.8 Å². The van der Waals surface area contributed by atoms with Crippen LogP contribution in [0.25, 0.3) is 6.08 Å². The first-order valence-corrected chi connectivity index (χ1v) is 7.78. The van der Waals surface area contributed by atoms with Gasteiger partial charge in [0.2, 0.25) is 0 Å². The van der Waals surface area contributed by atoms with Gasteiger partial charge in [-0.15, -0.1) is 12.3 Å². The van der Waals surface area contributed by atoms with Gasteiger partial charge in [-0.3, -0.25) is 0 Å². The normalized spacial score (nSPS) is 12.0. The molecule has 116 valence electrons.